The number of nitrogens with one attached hydrogen (secondary N) is 3. The van der Waals surface area contributed by atoms with Gasteiger partial charge in [0.15, 0.2) is 5.65 Å². The second kappa shape index (κ2) is 5.87. The summed E-state index contributed by atoms with van der Waals surface area (Å²) in [5.74, 6) is 5.16. The van der Waals surface area contributed by atoms with E-state index in [4.69, 9.17) is 0 Å². The first kappa shape index (κ1) is 12.9. The molecular formula is C11H16N6S2. The van der Waals surface area contributed by atoms with Crippen molar-refractivity contribution in [3.05, 3.63) is 6.20 Å². The van der Waals surface area contributed by atoms with Crippen LogP contribution in [0.25, 0.3) is 11.0 Å². The van der Waals surface area contributed by atoms with Gasteiger partial charge < -0.3 is 10.6 Å². The van der Waals surface area contributed by atoms with Crippen LogP contribution in [0.4, 0.5) is 11.8 Å². The van der Waals surface area contributed by atoms with Crippen molar-refractivity contribution in [3.63, 3.8) is 0 Å². The first-order valence-electron chi connectivity index (χ1n) is 6.19. The lowest BCUT2D eigenvalue weighted by Crippen LogP contribution is -2.23. The quantitative estimate of drug-likeness (QED) is 0.792. The van der Waals surface area contributed by atoms with Crippen molar-refractivity contribution >= 4 is 46.3 Å². The smallest absolute Gasteiger partial charge is 0.226 e. The van der Waals surface area contributed by atoms with Gasteiger partial charge >= 0.3 is 0 Å². The van der Waals surface area contributed by atoms with E-state index in [0.717, 1.165) is 23.4 Å². The number of aromatic amines is 1. The maximum absolute atomic E-state index is 4.47. The lowest BCUT2D eigenvalue weighted by molar-refractivity contribution is 0.993. The maximum Gasteiger partial charge on any atom is 0.226 e. The van der Waals surface area contributed by atoms with E-state index in [1.165, 1.54) is 17.3 Å². The molecule has 1 unspecified atom stereocenters. The van der Waals surface area contributed by atoms with E-state index in [1.54, 1.807) is 6.20 Å². The highest BCUT2D eigenvalue weighted by Crippen LogP contribution is 2.25. The van der Waals surface area contributed by atoms with Gasteiger partial charge in [0.2, 0.25) is 5.95 Å². The third-order valence-electron chi connectivity index (χ3n) is 2.92. The van der Waals surface area contributed by atoms with Crippen molar-refractivity contribution < 1.29 is 0 Å². The predicted octanol–water partition coefficient (Wildman–Crippen LogP) is 1.66. The van der Waals surface area contributed by atoms with E-state index in [2.05, 4.69) is 30.8 Å². The fourth-order valence-corrected chi connectivity index (χ4v) is 4.56. The van der Waals surface area contributed by atoms with E-state index >= 15 is 0 Å². The normalized spacial score (nSPS) is 19.5. The lowest BCUT2D eigenvalue weighted by Gasteiger charge is -2.21. The fraction of sp³-hybridized carbons (Fsp3) is 0.545. The summed E-state index contributed by atoms with van der Waals surface area (Å²) in [6.45, 7) is 0.929. The standard InChI is InChI=1S/C11H16N6S2/c1-12-11-15-9(8-5-14-17-10(8)16-11)13-4-7-6-18-2-3-19-7/h5,7H,2-4,6H2,1H3,(H3,12,13,14,15,16,17). The molecule has 2 aromatic heterocycles. The van der Waals surface area contributed by atoms with E-state index in [1.807, 2.05) is 30.6 Å². The van der Waals surface area contributed by atoms with Gasteiger partial charge in [0.05, 0.1) is 11.6 Å². The second-order valence-electron chi connectivity index (χ2n) is 4.23. The van der Waals surface area contributed by atoms with Crippen LogP contribution in [0, 0.1) is 0 Å². The minimum Gasteiger partial charge on any atom is -0.368 e. The zero-order chi connectivity index (χ0) is 13.1. The Morgan fingerprint density at radius 1 is 1.42 bits per heavy atom. The summed E-state index contributed by atoms with van der Waals surface area (Å²) in [5, 5.41) is 14.9. The van der Waals surface area contributed by atoms with Crippen LogP contribution in [0.1, 0.15) is 0 Å². The van der Waals surface area contributed by atoms with Crippen LogP contribution >= 0.6 is 23.5 Å². The van der Waals surface area contributed by atoms with Gasteiger partial charge in [-0.3, -0.25) is 5.10 Å². The second-order valence-corrected chi connectivity index (χ2v) is 6.78. The van der Waals surface area contributed by atoms with Gasteiger partial charge in [-0.1, -0.05) is 0 Å². The molecule has 0 saturated carbocycles. The SMILES string of the molecule is CNc1nc(NCC2CSCCS2)c2cn[nH]c2n1. The number of thioether (sulfide) groups is 2. The van der Waals surface area contributed by atoms with Gasteiger partial charge in [-0.05, 0) is 0 Å². The molecule has 6 nitrogen and oxygen atoms in total. The average molecular weight is 296 g/mol. The van der Waals surface area contributed by atoms with Crippen molar-refractivity contribution in [2.45, 2.75) is 5.25 Å². The molecule has 3 heterocycles. The summed E-state index contributed by atoms with van der Waals surface area (Å²) in [6, 6.07) is 0. The van der Waals surface area contributed by atoms with Crippen LogP contribution in [0.2, 0.25) is 0 Å². The Hall–Kier alpha value is -1.15. The minimum absolute atomic E-state index is 0.602. The molecule has 0 aliphatic carbocycles. The Balaban J connectivity index is 1.77. The molecular weight excluding hydrogens is 280 g/mol. The number of rotatable bonds is 4. The van der Waals surface area contributed by atoms with Crippen LogP contribution in [0.5, 0.6) is 0 Å². The van der Waals surface area contributed by atoms with Crippen molar-refractivity contribution in [2.24, 2.45) is 0 Å². The van der Waals surface area contributed by atoms with Crippen molar-refractivity contribution in [3.8, 4) is 0 Å². The number of fused-ring (bicyclic) bond motifs is 1. The van der Waals surface area contributed by atoms with Crippen LogP contribution < -0.4 is 10.6 Å². The highest BCUT2D eigenvalue weighted by Gasteiger charge is 2.15. The van der Waals surface area contributed by atoms with Crippen molar-refractivity contribution in [2.75, 3.05) is 41.5 Å². The van der Waals surface area contributed by atoms with Gasteiger partial charge in [-0.15, -0.1) is 0 Å². The third-order valence-corrected chi connectivity index (χ3v) is 5.76. The zero-order valence-electron chi connectivity index (χ0n) is 10.6. The van der Waals surface area contributed by atoms with Crippen LogP contribution in [0.15, 0.2) is 6.20 Å². The fourth-order valence-electron chi connectivity index (χ4n) is 1.95. The average Bonchev–Trinajstić information content (AvgIpc) is 2.94. The highest BCUT2D eigenvalue weighted by atomic mass is 32.2. The molecule has 0 amide bonds. The van der Waals surface area contributed by atoms with E-state index < -0.39 is 0 Å². The maximum atomic E-state index is 4.47. The zero-order valence-corrected chi connectivity index (χ0v) is 12.3. The lowest BCUT2D eigenvalue weighted by atomic mass is 10.3. The molecule has 1 atom stereocenters. The predicted molar refractivity (Wildman–Crippen MR) is 83.3 cm³/mol. The van der Waals surface area contributed by atoms with Crippen molar-refractivity contribution in [1.29, 1.82) is 0 Å². The number of H-pyrrole nitrogens is 1. The molecule has 8 heteroatoms. The first-order valence-corrected chi connectivity index (χ1v) is 8.39. The summed E-state index contributed by atoms with van der Waals surface area (Å²) in [7, 11) is 1.81. The Kier molecular flexibility index (Phi) is 3.97. The Labute approximate surface area is 119 Å². The number of aromatic nitrogens is 4. The van der Waals surface area contributed by atoms with Gasteiger partial charge in [0.1, 0.15) is 5.82 Å². The van der Waals surface area contributed by atoms with Crippen LogP contribution in [-0.4, -0.2) is 56.3 Å². The highest BCUT2D eigenvalue weighted by molar-refractivity contribution is 8.06. The number of hydrogen-bond donors (Lipinski definition) is 3. The van der Waals surface area contributed by atoms with Gasteiger partial charge in [-0.2, -0.15) is 38.6 Å². The molecule has 2 aromatic rings. The summed E-state index contributed by atoms with van der Waals surface area (Å²) >= 11 is 4.06. The number of hydrogen-bond acceptors (Lipinski definition) is 7. The number of anilines is 2. The van der Waals surface area contributed by atoms with Crippen LogP contribution in [-0.2, 0) is 0 Å². The summed E-state index contributed by atoms with van der Waals surface area (Å²) in [4.78, 5) is 8.79. The van der Waals surface area contributed by atoms with Gasteiger partial charge in [0, 0.05) is 36.1 Å². The molecule has 3 rings (SSSR count). The topological polar surface area (TPSA) is 78.5 Å². The van der Waals surface area contributed by atoms with Crippen LogP contribution in [0.3, 0.4) is 0 Å². The Bertz CT molecular complexity index is 551. The van der Waals surface area contributed by atoms with Crippen molar-refractivity contribution in [1.82, 2.24) is 20.2 Å². The summed E-state index contributed by atoms with van der Waals surface area (Å²) in [6.07, 6.45) is 1.76. The molecule has 0 radical (unpaired) electrons. The molecule has 0 spiro atoms. The van der Waals surface area contributed by atoms with Gasteiger partial charge in [0.25, 0.3) is 0 Å². The van der Waals surface area contributed by atoms with Gasteiger partial charge in [-0.25, -0.2) is 0 Å². The Morgan fingerprint density at radius 3 is 3.16 bits per heavy atom. The molecule has 1 fully saturated rings. The minimum atomic E-state index is 0.602. The molecule has 102 valence electrons. The summed E-state index contributed by atoms with van der Waals surface area (Å²) < 4.78 is 0. The van der Waals surface area contributed by atoms with E-state index in [0.29, 0.717) is 11.2 Å². The molecule has 1 aliphatic heterocycles. The Morgan fingerprint density at radius 2 is 2.37 bits per heavy atom. The summed E-state index contributed by atoms with van der Waals surface area (Å²) in [5.41, 5.74) is 0.757. The molecule has 3 N–H and O–H groups in total. The monoisotopic (exact) mass is 296 g/mol. The number of nitrogens with zero attached hydrogens (tertiary/aromatic N) is 3. The molecule has 0 bridgehead atoms. The third kappa shape index (κ3) is 2.89. The molecule has 0 aromatic carbocycles. The van der Waals surface area contributed by atoms with E-state index in [9.17, 15) is 0 Å². The molecule has 1 aliphatic rings. The largest absolute Gasteiger partial charge is 0.368 e. The molecule has 1 saturated heterocycles. The first-order chi connectivity index (χ1) is 9.36. The molecule has 19 heavy (non-hydrogen) atoms. The van der Waals surface area contributed by atoms with E-state index in [-0.39, 0.29) is 0 Å².